The van der Waals surface area contributed by atoms with Crippen LogP contribution >= 0.6 is 34.5 Å². The van der Waals surface area contributed by atoms with Crippen LogP contribution in [0.4, 0.5) is 5.13 Å². The molecule has 37 heavy (non-hydrogen) atoms. The molecule has 0 spiro atoms. The molecule has 1 aliphatic rings. The Balaban J connectivity index is 1.27. The summed E-state index contributed by atoms with van der Waals surface area (Å²) >= 11 is 14.5. The minimum atomic E-state index is -0.340. The third kappa shape index (κ3) is 5.48. The molecule has 0 saturated heterocycles. The zero-order chi connectivity index (χ0) is 26.1. The second-order valence-electron chi connectivity index (χ2n) is 9.43. The number of benzene rings is 2. The molecule has 2 heterocycles. The van der Waals surface area contributed by atoms with E-state index in [1.807, 2.05) is 30.3 Å². The van der Waals surface area contributed by atoms with Crippen LogP contribution in [0.15, 0.2) is 34.9 Å². The highest BCUT2D eigenvalue weighted by Crippen LogP contribution is 2.45. The zero-order valence-corrected chi connectivity index (χ0v) is 23.2. The maximum absolute atomic E-state index is 12.1. The molecule has 0 atom stereocenters. The average Bonchev–Trinajstić information content (AvgIpc) is 3.51. The quantitative estimate of drug-likeness (QED) is 0.156. The van der Waals surface area contributed by atoms with Crippen LogP contribution in [0.1, 0.15) is 65.8 Å². The van der Waals surface area contributed by atoms with E-state index in [1.54, 1.807) is 0 Å². The first-order valence-corrected chi connectivity index (χ1v) is 13.8. The number of anilines is 1. The van der Waals surface area contributed by atoms with Crippen LogP contribution < -0.4 is 10.6 Å². The Morgan fingerprint density at radius 2 is 1.97 bits per heavy atom. The molecule has 2 N–H and O–H groups in total. The molecule has 2 aromatic heterocycles. The van der Waals surface area contributed by atoms with Crippen LogP contribution in [0.3, 0.4) is 0 Å². The summed E-state index contributed by atoms with van der Waals surface area (Å²) in [4.78, 5) is 16.9. The van der Waals surface area contributed by atoms with Gasteiger partial charge in [-0.3, -0.25) is 0 Å². The minimum absolute atomic E-state index is 0.230. The first-order chi connectivity index (χ1) is 17.9. The molecule has 7 nitrogen and oxygen atoms in total. The molecular formula is C27H28Cl2N4O3S. The number of nitrogens with zero attached hydrogens (tertiary/aromatic N) is 2. The number of thiazole rings is 1. The van der Waals surface area contributed by atoms with Gasteiger partial charge in [0.15, 0.2) is 5.13 Å². The number of fused-ring (bicyclic) bond motifs is 1. The van der Waals surface area contributed by atoms with Gasteiger partial charge in [0.1, 0.15) is 11.5 Å². The topological polar surface area (TPSA) is 89.3 Å². The van der Waals surface area contributed by atoms with Crippen LogP contribution in [0, 0.1) is 0 Å². The Morgan fingerprint density at radius 1 is 1.22 bits per heavy atom. The number of methoxy groups -OCH3 is 1. The lowest BCUT2D eigenvalue weighted by atomic mass is 9.99. The van der Waals surface area contributed by atoms with Crippen LogP contribution in [-0.4, -0.2) is 36.3 Å². The second-order valence-corrected chi connectivity index (χ2v) is 11.3. The summed E-state index contributed by atoms with van der Waals surface area (Å²) in [6, 6.07) is 9.17. The summed E-state index contributed by atoms with van der Waals surface area (Å²) in [5.41, 5.74) is 4.92. The van der Waals surface area contributed by atoms with E-state index in [4.69, 9.17) is 37.4 Å². The fraction of sp³-hybridized carbons (Fsp3) is 0.370. The predicted octanol–water partition coefficient (Wildman–Crippen LogP) is 7.25. The summed E-state index contributed by atoms with van der Waals surface area (Å²) in [6.45, 7) is 6.15. The van der Waals surface area contributed by atoms with Crippen molar-refractivity contribution in [3.05, 3.63) is 62.8 Å². The van der Waals surface area contributed by atoms with Crippen LogP contribution in [0.25, 0.3) is 21.5 Å². The minimum Gasteiger partial charge on any atom is -0.465 e. The van der Waals surface area contributed by atoms with Gasteiger partial charge in [-0.2, -0.15) is 0 Å². The van der Waals surface area contributed by atoms with Gasteiger partial charge >= 0.3 is 5.97 Å². The van der Waals surface area contributed by atoms with Gasteiger partial charge < -0.3 is 19.9 Å². The second kappa shape index (κ2) is 11.0. The summed E-state index contributed by atoms with van der Waals surface area (Å²) in [5, 5.41) is 13.2. The number of rotatable bonds is 10. The number of halogens is 2. The van der Waals surface area contributed by atoms with Crippen molar-refractivity contribution in [2.75, 3.05) is 25.5 Å². The van der Waals surface area contributed by atoms with Gasteiger partial charge in [-0.25, -0.2) is 9.78 Å². The maximum atomic E-state index is 12.1. The molecule has 0 unspecified atom stereocenters. The first kappa shape index (κ1) is 26.0. The standard InChI is InChI=1S/C27H28Cl2N4O3S/c1-14(2)17-11-16(26(34)35-3)12-21-23(17)32-27(37-21)31-10-9-30-13-18-24(33-36-25(18)15-7-8-15)22-19(28)5-4-6-20(22)29/h4-6,11-12,14-15,30H,7-10,13H2,1-3H3,(H,31,32). The molecule has 0 aliphatic heterocycles. The summed E-state index contributed by atoms with van der Waals surface area (Å²) in [5.74, 6) is 1.21. The van der Waals surface area contributed by atoms with Crippen molar-refractivity contribution in [2.24, 2.45) is 0 Å². The van der Waals surface area contributed by atoms with E-state index < -0.39 is 0 Å². The van der Waals surface area contributed by atoms with Gasteiger partial charge in [0.2, 0.25) is 0 Å². The number of nitrogens with one attached hydrogen (secondary N) is 2. The first-order valence-electron chi connectivity index (χ1n) is 12.3. The molecule has 4 aromatic rings. The normalized spacial score (nSPS) is 13.5. The smallest absolute Gasteiger partial charge is 0.337 e. The highest BCUT2D eigenvalue weighted by Gasteiger charge is 2.33. The van der Waals surface area contributed by atoms with Crippen LogP contribution in [0.5, 0.6) is 0 Å². The van der Waals surface area contributed by atoms with Crippen molar-refractivity contribution in [2.45, 2.75) is 45.1 Å². The van der Waals surface area contributed by atoms with E-state index >= 15 is 0 Å². The average molecular weight is 560 g/mol. The maximum Gasteiger partial charge on any atom is 0.337 e. The SMILES string of the molecule is COC(=O)c1cc(C(C)C)c2nc(NCCNCc3c(-c4c(Cl)cccc4Cl)noc3C3CC3)sc2c1. The highest BCUT2D eigenvalue weighted by molar-refractivity contribution is 7.22. The molecule has 5 rings (SSSR count). The van der Waals surface area contributed by atoms with E-state index in [0.717, 1.165) is 45.1 Å². The number of hydrogen-bond donors (Lipinski definition) is 2. The van der Waals surface area contributed by atoms with Crippen molar-refractivity contribution >= 4 is 55.9 Å². The van der Waals surface area contributed by atoms with Crippen molar-refractivity contribution in [1.82, 2.24) is 15.5 Å². The monoisotopic (exact) mass is 558 g/mol. The van der Waals surface area contributed by atoms with E-state index in [9.17, 15) is 4.79 Å². The largest absolute Gasteiger partial charge is 0.465 e. The van der Waals surface area contributed by atoms with Gasteiger partial charge in [0, 0.05) is 36.7 Å². The molecule has 2 aromatic carbocycles. The van der Waals surface area contributed by atoms with Crippen molar-refractivity contribution in [1.29, 1.82) is 0 Å². The van der Waals surface area contributed by atoms with Gasteiger partial charge in [0.05, 0.1) is 32.9 Å². The third-order valence-electron chi connectivity index (χ3n) is 6.41. The van der Waals surface area contributed by atoms with Crippen molar-refractivity contribution in [3.8, 4) is 11.3 Å². The molecule has 1 fully saturated rings. The lowest BCUT2D eigenvalue weighted by molar-refractivity contribution is 0.0601. The lowest BCUT2D eigenvalue weighted by Crippen LogP contribution is -2.22. The summed E-state index contributed by atoms with van der Waals surface area (Å²) < 4.78 is 11.6. The van der Waals surface area contributed by atoms with E-state index in [-0.39, 0.29) is 11.9 Å². The Kier molecular flexibility index (Phi) is 7.72. The highest BCUT2D eigenvalue weighted by atomic mass is 35.5. The molecule has 194 valence electrons. The number of ether oxygens (including phenoxy) is 1. The van der Waals surface area contributed by atoms with E-state index in [1.165, 1.54) is 18.4 Å². The molecular weight excluding hydrogens is 531 g/mol. The third-order valence-corrected chi connectivity index (χ3v) is 8.00. The van der Waals surface area contributed by atoms with E-state index in [2.05, 4.69) is 29.6 Å². The molecule has 0 bridgehead atoms. The lowest BCUT2D eigenvalue weighted by Gasteiger charge is -2.09. The summed E-state index contributed by atoms with van der Waals surface area (Å²) in [7, 11) is 1.40. The Labute approximate surface area is 229 Å². The molecule has 0 radical (unpaired) electrons. The summed E-state index contributed by atoms with van der Waals surface area (Å²) in [6.07, 6.45) is 2.21. The zero-order valence-electron chi connectivity index (χ0n) is 20.9. The Bertz CT molecular complexity index is 1420. The van der Waals surface area contributed by atoms with Crippen molar-refractivity contribution < 1.29 is 14.1 Å². The van der Waals surface area contributed by atoms with Crippen LogP contribution in [-0.2, 0) is 11.3 Å². The Morgan fingerprint density at radius 3 is 2.65 bits per heavy atom. The van der Waals surface area contributed by atoms with E-state index in [0.29, 0.717) is 52.4 Å². The van der Waals surface area contributed by atoms with Gasteiger partial charge in [-0.1, -0.05) is 59.6 Å². The van der Waals surface area contributed by atoms with Crippen LogP contribution in [0.2, 0.25) is 10.0 Å². The van der Waals surface area contributed by atoms with Crippen molar-refractivity contribution in [3.63, 3.8) is 0 Å². The number of aromatic nitrogens is 2. The molecule has 1 aliphatic carbocycles. The molecule has 10 heteroatoms. The number of carbonyl (C=O) groups is 1. The Hall–Kier alpha value is -2.65. The fourth-order valence-electron chi connectivity index (χ4n) is 4.36. The number of carbonyl (C=O) groups excluding carboxylic acids is 1. The predicted molar refractivity (Wildman–Crippen MR) is 149 cm³/mol. The molecule has 1 saturated carbocycles. The van der Waals surface area contributed by atoms with Gasteiger partial charge in [-0.15, -0.1) is 0 Å². The van der Waals surface area contributed by atoms with Gasteiger partial charge in [0.25, 0.3) is 0 Å². The number of esters is 1. The number of hydrogen-bond acceptors (Lipinski definition) is 8. The molecule has 0 amide bonds. The van der Waals surface area contributed by atoms with Gasteiger partial charge in [-0.05, 0) is 48.6 Å². The fourth-order valence-corrected chi connectivity index (χ4v) is 5.90.